The minimum Gasteiger partial charge on any atom is -0.481 e. The van der Waals surface area contributed by atoms with E-state index in [2.05, 4.69) is 4.98 Å². The number of fused-ring (bicyclic) bond motifs is 1. The summed E-state index contributed by atoms with van der Waals surface area (Å²) >= 11 is 0. The van der Waals surface area contributed by atoms with Gasteiger partial charge >= 0.3 is 11.7 Å². The maximum Gasteiger partial charge on any atom is 0.417 e. The third-order valence-electron chi connectivity index (χ3n) is 3.77. The summed E-state index contributed by atoms with van der Waals surface area (Å²) in [5, 5.41) is 8.60. The van der Waals surface area contributed by atoms with Crippen LogP contribution in [-0.4, -0.2) is 30.2 Å². The second kappa shape index (κ2) is 6.56. The normalized spacial score (nSPS) is 11.7. The van der Waals surface area contributed by atoms with E-state index in [0.717, 1.165) is 11.1 Å². The molecule has 2 aromatic carbocycles. The van der Waals surface area contributed by atoms with E-state index in [4.69, 9.17) is 9.52 Å². The summed E-state index contributed by atoms with van der Waals surface area (Å²) in [6.07, 6.45) is -0.107. The zero-order valence-electron chi connectivity index (χ0n) is 13.1. The van der Waals surface area contributed by atoms with Gasteiger partial charge in [0.2, 0.25) is 0 Å². The highest BCUT2D eigenvalue weighted by Crippen LogP contribution is 2.25. The third kappa shape index (κ3) is 3.80. The van der Waals surface area contributed by atoms with Crippen LogP contribution in [0.3, 0.4) is 0 Å². The number of sulfone groups is 1. The molecule has 25 heavy (non-hydrogen) atoms. The van der Waals surface area contributed by atoms with Gasteiger partial charge in [0, 0.05) is 6.42 Å². The first-order valence-electron chi connectivity index (χ1n) is 7.53. The van der Waals surface area contributed by atoms with Crippen molar-refractivity contribution in [3.63, 3.8) is 0 Å². The van der Waals surface area contributed by atoms with Crippen molar-refractivity contribution in [3.05, 3.63) is 53.0 Å². The molecule has 0 atom stereocenters. The van der Waals surface area contributed by atoms with Crippen LogP contribution in [0.25, 0.3) is 22.2 Å². The van der Waals surface area contributed by atoms with Crippen molar-refractivity contribution in [1.29, 1.82) is 0 Å². The van der Waals surface area contributed by atoms with Gasteiger partial charge in [-0.2, -0.15) is 0 Å². The Labute approximate surface area is 142 Å². The smallest absolute Gasteiger partial charge is 0.417 e. The molecule has 0 aliphatic rings. The van der Waals surface area contributed by atoms with E-state index in [9.17, 15) is 18.0 Å². The number of carboxylic acids is 1. The average Bonchev–Trinajstić information content (AvgIpc) is 2.93. The maximum atomic E-state index is 12.2. The number of aliphatic carboxylic acids is 1. The number of aromatic nitrogens is 1. The van der Waals surface area contributed by atoms with Crippen LogP contribution in [0.1, 0.15) is 12.8 Å². The lowest BCUT2D eigenvalue weighted by Crippen LogP contribution is -2.08. The number of carboxylic acid groups (broad SMARTS) is 1. The van der Waals surface area contributed by atoms with Gasteiger partial charge in [-0.05, 0) is 41.8 Å². The molecule has 0 aliphatic carbocycles. The highest BCUT2D eigenvalue weighted by atomic mass is 32.2. The lowest BCUT2D eigenvalue weighted by atomic mass is 10.1. The van der Waals surface area contributed by atoms with Gasteiger partial charge in [-0.15, -0.1) is 0 Å². The number of carbonyl (C=O) groups is 1. The Kier molecular flexibility index (Phi) is 4.45. The molecule has 7 nitrogen and oxygen atoms in total. The standard InChI is InChI=1S/C17H15NO6S/c19-16(20)2-1-9-25(22,23)13-6-3-11(4-7-13)12-5-8-15-14(10-12)18-17(21)24-15/h3-8,10H,1-2,9H2,(H,18,21)(H,19,20). The van der Waals surface area contributed by atoms with Crippen molar-refractivity contribution in [2.24, 2.45) is 0 Å². The first kappa shape index (κ1) is 17.0. The number of nitrogens with one attached hydrogen (secondary N) is 1. The first-order chi connectivity index (χ1) is 11.8. The molecule has 8 heteroatoms. The molecular weight excluding hydrogens is 346 g/mol. The Morgan fingerprint density at radius 1 is 1.08 bits per heavy atom. The number of H-pyrrole nitrogens is 1. The minimum atomic E-state index is -3.51. The Bertz CT molecular complexity index is 1080. The Hall–Kier alpha value is -2.87. The molecule has 0 spiro atoms. The Morgan fingerprint density at radius 2 is 1.76 bits per heavy atom. The van der Waals surface area contributed by atoms with Gasteiger partial charge in [0.25, 0.3) is 0 Å². The average molecular weight is 361 g/mol. The summed E-state index contributed by atoms with van der Waals surface area (Å²) < 4.78 is 29.3. The summed E-state index contributed by atoms with van der Waals surface area (Å²) in [6.45, 7) is 0. The Morgan fingerprint density at radius 3 is 2.44 bits per heavy atom. The van der Waals surface area contributed by atoms with Gasteiger partial charge in [0.05, 0.1) is 16.2 Å². The van der Waals surface area contributed by atoms with Crippen molar-refractivity contribution >= 4 is 26.9 Å². The van der Waals surface area contributed by atoms with Crippen LogP contribution in [0.4, 0.5) is 0 Å². The molecule has 0 aliphatic heterocycles. The molecule has 2 N–H and O–H groups in total. The number of oxazole rings is 1. The molecule has 0 radical (unpaired) electrons. The van der Waals surface area contributed by atoms with Crippen LogP contribution in [0.2, 0.25) is 0 Å². The highest BCUT2D eigenvalue weighted by Gasteiger charge is 2.15. The summed E-state index contributed by atoms with van der Waals surface area (Å²) in [5.41, 5.74) is 2.60. The van der Waals surface area contributed by atoms with Crippen molar-refractivity contribution in [3.8, 4) is 11.1 Å². The summed E-state index contributed by atoms with van der Waals surface area (Å²) in [7, 11) is -3.51. The third-order valence-corrected chi connectivity index (χ3v) is 5.59. The predicted molar refractivity (Wildman–Crippen MR) is 91.2 cm³/mol. The number of hydrogen-bond acceptors (Lipinski definition) is 5. The highest BCUT2D eigenvalue weighted by molar-refractivity contribution is 7.91. The van der Waals surface area contributed by atoms with Crippen LogP contribution in [0.5, 0.6) is 0 Å². The molecule has 0 amide bonds. The van der Waals surface area contributed by atoms with Crippen LogP contribution >= 0.6 is 0 Å². The monoisotopic (exact) mass is 361 g/mol. The van der Waals surface area contributed by atoms with Crippen molar-refractivity contribution in [2.75, 3.05) is 5.75 Å². The van der Waals surface area contributed by atoms with Crippen molar-refractivity contribution in [1.82, 2.24) is 4.98 Å². The van der Waals surface area contributed by atoms with E-state index in [1.165, 1.54) is 12.1 Å². The summed E-state index contributed by atoms with van der Waals surface area (Å²) in [6, 6.07) is 11.5. The minimum absolute atomic E-state index is 0.0734. The van der Waals surface area contributed by atoms with Crippen LogP contribution in [0, 0.1) is 0 Å². The van der Waals surface area contributed by atoms with Crippen LogP contribution in [-0.2, 0) is 14.6 Å². The van der Waals surface area contributed by atoms with E-state index in [-0.39, 0.29) is 23.5 Å². The van der Waals surface area contributed by atoms with E-state index in [0.29, 0.717) is 11.1 Å². The van der Waals surface area contributed by atoms with E-state index in [1.807, 2.05) is 0 Å². The van der Waals surface area contributed by atoms with Crippen LogP contribution in [0.15, 0.2) is 56.6 Å². The molecule has 0 fully saturated rings. The fourth-order valence-corrected chi connectivity index (χ4v) is 3.83. The first-order valence-corrected chi connectivity index (χ1v) is 9.18. The topological polar surface area (TPSA) is 117 Å². The number of hydrogen-bond donors (Lipinski definition) is 2. The molecule has 130 valence electrons. The molecule has 1 aromatic heterocycles. The van der Waals surface area contributed by atoms with Gasteiger partial charge in [-0.25, -0.2) is 13.2 Å². The quantitative estimate of drug-likeness (QED) is 0.696. The second-order valence-electron chi connectivity index (χ2n) is 5.57. The fraction of sp³-hybridized carbons (Fsp3) is 0.176. The van der Waals surface area contributed by atoms with Gasteiger partial charge < -0.3 is 9.52 Å². The molecule has 0 saturated carbocycles. The zero-order valence-corrected chi connectivity index (χ0v) is 13.9. The van der Waals surface area contributed by atoms with Gasteiger partial charge in [-0.1, -0.05) is 18.2 Å². The predicted octanol–water partition coefficient (Wildman–Crippen LogP) is 2.43. The molecular formula is C17H15NO6S. The number of aromatic amines is 1. The van der Waals surface area contributed by atoms with Gasteiger partial charge in [-0.3, -0.25) is 9.78 Å². The van der Waals surface area contributed by atoms with Crippen molar-refractivity contribution in [2.45, 2.75) is 17.7 Å². The molecule has 1 heterocycles. The molecule has 3 rings (SSSR count). The SMILES string of the molecule is O=C(O)CCCS(=O)(=O)c1ccc(-c2ccc3oc(=O)[nH]c3c2)cc1. The molecule has 3 aromatic rings. The summed E-state index contributed by atoms with van der Waals surface area (Å²) in [4.78, 5) is 24.4. The molecule has 0 unspecified atom stereocenters. The zero-order chi connectivity index (χ0) is 18.0. The lowest BCUT2D eigenvalue weighted by molar-refractivity contribution is -0.137. The number of benzene rings is 2. The van der Waals surface area contributed by atoms with Crippen LogP contribution < -0.4 is 5.76 Å². The van der Waals surface area contributed by atoms with Gasteiger partial charge in [0.15, 0.2) is 15.4 Å². The summed E-state index contributed by atoms with van der Waals surface area (Å²) in [5.74, 6) is -1.76. The maximum absolute atomic E-state index is 12.2. The lowest BCUT2D eigenvalue weighted by Gasteiger charge is -2.06. The van der Waals surface area contributed by atoms with E-state index in [1.54, 1.807) is 30.3 Å². The molecule has 0 bridgehead atoms. The fourth-order valence-electron chi connectivity index (χ4n) is 2.52. The molecule has 0 saturated heterocycles. The van der Waals surface area contributed by atoms with Gasteiger partial charge in [0.1, 0.15) is 0 Å². The Balaban J connectivity index is 1.83. The largest absolute Gasteiger partial charge is 0.481 e. The van der Waals surface area contributed by atoms with E-state index < -0.39 is 21.6 Å². The van der Waals surface area contributed by atoms with E-state index >= 15 is 0 Å². The second-order valence-corrected chi connectivity index (χ2v) is 7.68. The number of rotatable bonds is 6. The van der Waals surface area contributed by atoms with Crippen molar-refractivity contribution < 1.29 is 22.7 Å².